The maximum atomic E-state index is 13.3. The maximum Gasteiger partial charge on any atom is 0.247 e. The molecule has 9 heteroatoms. The van der Waals surface area contributed by atoms with Gasteiger partial charge in [0.25, 0.3) is 0 Å². The minimum absolute atomic E-state index is 0. The normalized spacial score (nSPS) is 15.3. The third-order valence-corrected chi connectivity index (χ3v) is 5.29. The summed E-state index contributed by atoms with van der Waals surface area (Å²) >= 11 is 0. The van der Waals surface area contributed by atoms with Crippen molar-refractivity contribution >= 4 is 17.4 Å². The average Bonchev–Trinajstić information content (AvgIpc) is 3.15. The highest BCUT2D eigenvalue weighted by Crippen LogP contribution is 2.32. The second kappa shape index (κ2) is 9.20. The first-order valence-corrected chi connectivity index (χ1v) is 9.96. The van der Waals surface area contributed by atoms with Gasteiger partial charge < -0.3 is 10.2 Å². The predicted octanol–water partition coefficient (Wildman–Crippen LogP) is 3.15. The Morgan fingerprint density at radius 1 is 1.16 bits per heavy atom. The Morgan fingerprint density at radius 2 is 1.97 bits per heavy atom. The fraction of sp³-hybridized carbons (Fsp3) is 0.409. The number of aromatic nitrogens is 5. The van der Waals surface area contributed by atoms with Gasteiger partial charge in [-0.3, -0.25) is 14.5 Å². The van der Waals surface area contributed by atoms with E-state index in [1.807, 2.05) is 32.0 Å². The van der Waals surface area contributed by atoms with Crippen molar-refractivity contribution in [1.29, 1.82) is 0 Å². The number of hydrogen-bond acceptors (Lipinski definition) is 6. The van der Waals surface area contributed by atoms with Crippen molar-refractivity contribution in [1.82, 2.24) is 24.7 Å². The maximum absolute atomic E-state index is 13.3. The van der Waals surface area contributed by atoms with E-state index in [1.165, 1.54) is 12.3 Å². The minimum atomic E-state index is -0.355. The predicted molar refractivity (Wildman–Crippen MR) is 118 cm³/mol. The summed E-state index contributed by atoms with van der Waals surface area (Å²) in [5, 5.41) is 7.29. The van der Waals surface area contributed by atoms with E-state index in [4.69, 9.17) is 4.98 Å². The smallest absolute Gasteiger partial charge is 0.247 e. The number of hydrogen-bond donors (Lipinski definition) is 1. The molecule has 0 radical (unpaired) electrons. The van der Waals surface area contributed by atoms with Gasteiger partial charge in [-0.15, -0.1) is 0 Å². The molecule has 0 unspecified atom stereocenters. The number of rotatable bonds is 6. The van der Waals surface area contributed by atoms with Crippen LogP contribution < -0.4 is 10.2 Å². The molecule has 0 aromatic carbocycles. The van der Waals surface area contributed by atoms with Crippen LogP contribution in [0, 0.1) is 12.7 Å². The molecule has 0 fully saturated rings. The van der Waals surface area contributed by atoms with Gasteiger partial charge in [-0.1, -0.05) is 14.4 Å². The van der Waals surface area contributed by atoms with Crippen molar-refractivity contribution < 1.29 is 9.18 Å². The number of aryl methyl sites for hydroxylation is 3. The van der Waals surface area contributed by atoms with Crippen LogP contribution in [0.15, 0.2) is 30.9 Å². The summed E-state index contributed by atoms with van der Waals surface area (Å²) in [5.41, 5.74) is 3.26. The summed E-state index contributed by atoms with van der Waals surface area (Å²) in [6.07, 6.45) is 8.65. The van der Waals surface area contributed by atoms with Gasteiger partial charge in [0.05, 0.1) is 24.6 Å². The molecule has 4 rings (SSSR count). The van der Waals surface area contributed by atoms with Crippen LogP contribution in [0.3, 0.4) is 0 Å². The topological polar surface area (TPSA) is 88.8 Å². The molecule has 0 spiro atoms. The number of fused-ring (bicyclic) bond motifs is 1. The Balaban J connectivity index is 0.00000272. The van der Waals surface area contributed by atoms with Crippen LogP contribution in [0.5, 0.6) is 0 Å². The van der Waals surface area contributed by atoms with Gasteiger partial charge in [0.2, 0.25) is 5.91 Å². The van der Waals surface area contributed by atoms with E-state index < -0.39 is 0 Å². The summed E-state index contributed by atoms with van der Waals surface area (Å²) < 4.78 is 15.1. The molecular formula is C22H28FN7O. The number of pyridine rings is 1. The van der Waals surface area contributed by atoms with Crippen molar-refractivity contribution in [3.8, 4) is 0 Å². The number of carbonyl (C=O) groups is 1. The van der Waals surface area contributed by atoms with Crippen molar-refractivity contribution in [2.45, 2.75) is 53.1 Å². The second-order valence-electron chi connectivity index (χ2n) is 7.51. The van der Waals surface area contributed by atoms with Crippen molar-refractivity contribution in [2.75, 3.05) is 17.3 Å². The Kier molecular flexibility index (Phi) is 6.62. The van der Waals surface area contributed by atoms with Crippen molar-refractivity contribution in [3.05, 3.63) is 59.3 Å². The number of anilines is 2. The van der Waals surface area contributed by atoms with E-state index in [9.17, 15) is 9.18 Å². The standard InChI is InChI=1S/C21H24FN7O.CH4/c1-4-17-21(30)27-19-13(2)25-18(26-20(19)28(17)3)6-5-14-9-24-29(11-14)12-15-7-16(22)10-23-8-15;/h7-11,17H,4-6,12H2,1-3H3,(H,27,30);1H4/t17-;/m0./s1. The lowest BCUT2D eigenvalue weighted by Crippen LogP contribution is -2.46. The number of nitrogens with zero attached hydrogens (tertiary/aromatic N) is 6. The molecule has 164 valence electrons. The van der Waals surface area contributed by atoms with Gasteiger partial charge >= 0.3 is 0 Å². The molecule has 1 aliphatic heterocycles. The summed E-state index contributed by atoms with van der Waals surface area (Å²) in [4.78, 5) is 27.3. The lowest BCUT2D eigenvalue weighted by molar-refractivity contribution is -0.117. The van der Waals surface area contributed by atoms with Gasteiger partial charge in [-0.25, -0.2) is 14.4 Å². The quantitative estimate of drug-likeness (QED) is 0.653. The molecule has 3 aromatic heterocycles. The number of likely N-dealkylation sites (N-methyl/N-ethyl adjacent to an activating group) is 1. The van der Waals surface area contributed by atoms with Crippen LogP contribution in [0.1, 0.15) is 43.4 Å². The number of amides is 1. The van der Waals surface area contributed by atoms with Gasteiger partial charge in [0.1, 0.15) is 23.4 Å². The summed E-state index contributed by atoms with van der Waals surface area (Å²) in [7, 11) is 1.90. The first kappa shape index (κ1) is 22.3. The number of carbonyl (C=O) groups excluding carboxylic acids is 1. The summed E-state index contributed by atoms with van der Waals surface area (Å²) in [5.74, 6) is 1.11. The van der Waals surface area contributed by atoms with E-state index in [0.29, 0.717) is 25.1 Å². The first-order valence-electron chi connectivity index (χ1n) is 9.96. The zero-order valence-electron chi connectivity index (χ0n) is 17.3. The molecule has 8 nitrogen and oxygen atoms in total. The Labute approximate surface area is 181 Å². The molecule has 31 heavy (non-hydrogen) atoms. The lowest BCUT2D eigenvalue weighted by atomic mass is 10.1. The second-order valence-corrected chi connectivity index (χ2v) is 7.51. The van der Waals surface area contributed by atoms with Gasteiger partial charge in [0, 0.05) is 25.9 Å². The van der Waals surface area contributed by atoms with Crippen LogP contribution in [0.4, 0.5) is 15.9 Å². The van der Waals surface area contributed by atoms with Gasteiger partial charge in [-0.05, 0) is 37.0 Å². The van der Waals surface area contributed by atoms with E-state index in [0.717, 1.165) is 34.9 Å². The van der Waals surface area contributed by atoms with Crippen molar-refractivity contribution in [3.63, 3.8) is 0 Å². The number of nitrogens with one attached hydrogen (secondary N) is 1. The molecule has 0 saturated carbocycles. The zero-order valence-corrected chi connectivity index (χ0v) is 17.3. The molecule has 0 aliphatic carbocycles. The summed E-state index contributed by atoms with van der Waals surface area (Å²) in [6, 6.07) is 1.23. The molecule has 4 heterocycles. The minimum Gasteiger partial charge on any atom is -0.346 e. The fourth-order valence-electron chi connectivity index (χ4n) is 3.72. The lowest BCUT2D eigenvalue weighted by Gasteiger charge is -2.34. The highest BCUT2D eigenvalue weighted by Gasteiger charge is 2.32. The first-order chi connectivity index (χ1) is 14.4. The average molecular weight is 426 g/mol. The van der Waals surface area contributed by atoms with E-state index in [2.05, 4.69) is 20.4 Å². The third kappa shape index (κ3) is 4.70. The largest absolute Gasteiger partial charge is 0.346 e. The Bertz CT molecular complexity index is 1080. The van der Waals surface area contributed by atoms with E-state index in [1.54, 1.807) is 17.1 Å². The monoisotopic (exact) mass is 425 g/mol. The van der Waals surface area contributed by atoms with Crippen LogP contribution in [-0.4, -0.2) is 43.7 Å². The SMILES string of the molecule is C.CC[C@H]1C(=O)Nc2c(C)nc(CCc3cnn(Cc4cncc(F)c4)c3)nc2N1C. The molecule has 1 N–H and O–H groups in total. The van der Waals surface area contributed by atoms with Crippen LogP contribution in [0.25, 0.3) is 0 Å². The molecule has 1 aliphatic rings. The molecule has 0 bridgehead atoms. The van der Waals surface area contributed by atoms with Gasteiger partial charge in [-0.2, -0.15) is 5.10 Å². The molecule has 1 atom stereocenters. The Morgan fingerprint density at radius 3 is 2.71 bits per heavy atom. The molecule has 0 saturated heterocycles. The van der Waals surface area contributed by atoms with Gasteiger partial charge in [0.15, 0.2) is 5.82 Å². The Hall–Kier alpha value is -3.36. The van der Waals surface area contributed by atoms with E-state index >= 15 is 0 Å². The van der Waals surface area contributed by atoms with Crippen LogP contribution in [-0.2, 0) is 24.2 Å². The summed E-state index contributed by atoms with van der Waals surface area (Å²) in [6.45, 7) is 4.33. The molecular weight excluding hydrogens is 397 g/mol. The van der Waals surface area contributed by atoms with Crippen molar-refractivity contribution in [2.24, 2.45) is 0 Å². The highest BCUT2D eigenvalue weighted by atomic mass is 19.1. The van der Waals surface area contributed by atoms with Crippen LogP contribution >= 0.6 is 0 Å². The molecule has 1 amide bonds. The fourth-order valence-corrected chi connectivity index (χ4v) is 3.72. The third-order valence-electron chi connectivity index (χ3n) is 5.29. The highest BCUT2D eigenvalue weighted by molar-refractivity contribution is 6.03. The molecule has 3 aromatic rings. The van der Waals surface area contributed by atoms with E-state index in [-0.39, 0.29) is 25.2 Å². The van der Waals surface area contributed by atoms with Crippen LogP contribution in [0.2, 0.25) is 0 Å². The zero-order chi connectivity index (χ0) is 21.3. The number of halogens is 1.